The predicted molar refractivity (Wildman–Crippen MR) is 94.7 cm³/mol. The first-order valence-corrected chi connectivity index (χ1v) is 10.1. The average Bonchev–Trinajstić information content (AvgIpc) is 2.52. The third kappa shape index (κ3) is 4.62. The van der Waals surface area contributed by atoms with Crippen molar-refractivity contribution in [3.05, 3.63) is 29.3 Å². The van der Waals surface area contributed by atoms with E-state index < -0.39 is 16.1 Å². The van der Waals surface area contributed by atoms with Gasteiger partial charge in [-0.15, -0.1) is 0 Å². The summed E-state index contributed by atoms with van der Waals surface area (Å²) in [6.07, 6.45) is 3.78. The van der Waals surface area contributed by atoms with E-state index in [1.54, 1.807) is 31.3 Å². The number of aliphatic hydroxyl groups is 1. The van der Waals surface area contributed by atoms with E-state index in [9.17, 15) is 18.3 Å². The summed E-state index contributed by atoms with van der Waals surface area (Å²) in [5.74, 6) is -0.346. The van der Waals surface area contributed by atoms with Gasteiger partial charge >= 0.3 is 0 Å². The van der Waals surface area contributed by atoms with Crippen LogP contribution >= 0.6 is 11.6 Å². The summed E-state index contributed by atoms with van der Waals surface area (Å²) in [5.41, 5.74) is 0.382. The van der Waals surface area contributed by atoms with Crippen LogP contribution in [0, 0.1) is 0 Å². The third-order valence-electron chi connectivity index (χ3n) is 4.38. The fraction of sp³-hybridized carbons (Fsp3) is 0.562. The lowest BCUT2D eigenvalue weighted by Gasteiger charge is -2.36. The van der Waals surface area contributed by atoms with Gasteiger partial charge in [-0.25, -0.2) is 8.42 Å². The van der Waals surface area contributed by atoms with Gasteiger partial charge in [-0.3, -0.25) is 9.10 Å². The van der Waals surface area contributed by atoms with Crippen molar-refractivity contribution in [3.8, 4) is 0 Å². The fourth-order valence-corrected chi connectivity index (χ4v) is 3.95. The number of hydrogen-bond acceptors (Lipinski definition) is 4. The standard InChI is InChI=1S/C16H23ClN2O4S/c1-18(14-5-3-4-6-15(14)20)16(21)11-19(24(2,22)23)13-9-7-12(17)8-10-13/h7-10,14-15,20H,3-6,11H2,1-2H3. The highest BCUT2D eigenvalue weighted by molar-refractivity contribution is 7.92. The molecule has 1 amide bonds. The number of sulfonamides is 1. The molecule has 0 radical (unpaired) electrons. The first-order chi connectivity index (χ1) is 11.2. The Bertz CT molecular complexity index is 678. The quantitative estimate of drug-likeness (QED) is 0.853. The first-order valence-electron chi connectivity index (χ1n) is 7.87. The van der Waals surface area contributed by atoms with Crippen molar-refractivity contribution in [1.82, 2.24) is 4.90 Å². The number of halogens is 1. The minimum atomic E-state index is -3.62. The van der Waals surface area contributed by atoms with Gasteiger partial charge in [-0.1, -0.05) is 24.4 Å². The molecule has 24 heavy (non-hydrogen) atoms. The van der Waals surface area contributed by atoms with Gasteiger partial charge in [-0.2, -0.15) is 0 Å². The largest absolute Gasteiger partial charge is 0.391 e. The monoisotopic (exact) mass is 374 g/mol. The molecule has 1 fully saturated rings. The Morgan fingerprint density at radius 3 is 2.38 bits per heavy atom. The van der Waals surface area contributed by atoms with E-state index in [0.29, 0.717) is 17.1 Å². The van der Waals surface area contributed by atoms with Crippen LogP contribution in [0.2, 0.25) is 5.02 Å². The van der Waals surface area contributed by atoms with Crippen molar-refractivity contribution >= 4 is 33.2 Å². The highest BCUT2D eigenvalue weighted by atomic mass is 35.5. The Morgan fingerprint density at radius 1 is 1.25 bits per heavy atom. The van der Waals surface area contributed by atoms with Gasteiger partial charge in [0.05, 0.1) is 24.1 Å². The molecule has 0 bridgehead atoms. The van der Waals surface area contributed by atoms with Crippen molar-refractivity contribution in [2.45, 2.75) is 37.8 Å². The molecule has 1 saturated carbocycles. The number of nitrogens with zero attached hydrogens (tertiary/aromatic N) is 2. The summed E-state index contributed by atoms with van der Waals surface area (Å²) in [6.45, 7) is -0.305. The molecule has 2 atom stereocenters. The van der Waals surface area contributed by atoms with Crippen LogP contribution in [0.15, 0.2) is 24.3 Å². The number of rotatable bonds is 5. The van der Waals surface area contributed by atoms with Crippen LogP contribution in [0.4, 0.5) is 5.69 Å². The normalized spacial score (nSPS) is 21.3. The maximum atomic E-state index is 12.6. The van der Waals surface area contributed by atoms with Gasteiger partial charge < -0.3 is 10.0 Å². The number of amides is 1. The molecule has 1 aliphatic carbocycles. The fourth-order valence-electron chi connectivity index (χ4n) is 2.97. The number of anilines is 1. The minimum absolute atomic E-state index is 0.266. The predicted octanol–water partition coefficient (Wildman–Crippen LogP) is 1.87. The van der Waals surface area contributed by atoms with Crippen LogP contribution in [0.5, 0.6) is 0 Å². The highest BCUT2D eigenvalue weighted by Gasteiger charge is 2.31. The summed E-state index contributed by atoms with van der Waals surface area (Å²) >= 11 is 5.83. The number of hydrogen-bond donors (Lipinski definition) is 1. The van der Waals surface area contributed by atoms with Gasteiger partial charge in [0, 0.05) is 12.1 Å². The lowest BCUT2D eigenvalue weighted by atomic mass is 9.91. The number of aliphatic hydroxyl groups excluding tert-OH is 1. The van der Waals surface area contributed by atoms with Crippen LogP contribution in [0.1, 0.15) is 25.7 Å². The molecule has 2 unspecified atom stereocenters. The van der Waals surface area contributed by atoms with Crippen LogP contribution in [-0.2, 0) is 14.8 Å². The van der Waals surface area contributed by atoms with E-state index >= 15 is 0 Å². The number of likely N-dealkylation sites (N-methyl/N-ethyl adjacent to an activating group) is 1. The molecule has 0 saturated heterocycles. The Kier molecular flexibility index (Phi) is 6.11. The zero-order valence-electron chi connectivity index (χ0n) is 13.9. The van der Waals surface area contributed by atoms with E-state index in [4.69, 9.17) is 11.6 Å². The van der Waals surface area contributed by atoms with Gasteiger partial charge in [-0.05, 0) is 37.1 Å². The molecule has 0 aliphatic heterocycles. The Labute approximate surface area is 148 Å². The first kappa shape index (κ1) is 19.0. The van der Waals surface area contributed by atoms with Gasteiger partial charge in [0.25, 0.3) is 0 Å². The molecule has 1 aromatic rings. The minimum Gasteiger partial charge on any atom is -0.391 e. The van der Waals surface area contributed by atoms with Crippen LogP contribution in [0.25, 0.3) is 0 Å². The Balaban J connectivity index is 2.17. The van der Waals surface area contributed by atoms with Crippen LogP contribution in [0.3, 0.4) is 0 Å². The van der Waals surface area contributed by atoms with Crippen LogP contribution in [-0.4, -0.2) is 56.3 Å². The zero-order chi connectivity index (χ0) is 17.9. The number of benzene rings is 1. The molecule has 0 aromatic heterocycles. The Hall–Kier alpha value is -1.31. The van der Waals surface area contributed by atoms with Crippen molar-refractivity contribution in [2.24, 2.45) is 0 Å². The molecule has 6 nitrogen and oxygen atoms in total. The summed E-state index contributed by atoms with van der Waals surface area (Å²) in [7, 11) is -2.01. The van der Waals surface area contributed by atoms with Crippen molar-refractivity contribution in [2.75, 3.05) is 24.2 Å². The van der Waals surface area contributed by atoms with Gasteiger partial charge in [0.1, 0.15) is 6.54 Å². The second kappa shape index (κ2) is 7.72. The molecule has 1 aliphatic rings. The topological polar surface area (TPSA) is 77.9 Å². The van der Waals surface area contributed by atoms with Crippen molar-refractivity contribution < 1.29 is 18.3 Å². The third-order valence-corrected chi connectivity index (χ3v) is 5.77. The Morgan fingerprint density at radius 2 is 1.83 bits per heavy atom. The zero-order valence-corrected chi connectivity index (χ0v) is 15.4. The van der Waals surface area contributed by atoms with E-state index in [1.165, 1.54) is 4.90 Å². The second-order valence-electron chi connectivity index (χ2n) is 6.17. The van der Waals surface area contributed by atoms with Crippen molar-refractivity contribution in [3.63, 3.8) is 0 Å². The van der Waals surface area contributed by atoms with E-state index in [-0.39, 0.29) is 18.5 Å². The SMILES string of the molecule is CN(C(=O)CN(c1ccc(Cl)cc1)S(C)(=O)=O)C1CCCCC1O. The lowest BCUT2D eigenvalue weighted by molar-refractivity contribution is -0.133. The lowest BCUT2D eigenvalue weighted by Crippen LogP contribution is -2.50. The molecule has 1 N–H and O–H groups in total. The molecule has 1 aromatic carbocycles. The second-order valence-corrected chi connectivity index (χ2v) is 8.51. The van der Waals surface area contributed by atoms with Crippen LogP contribution < -0.4 is 4.31 Å². The summed E-state index contributed by atoms with van der Waals surface area (Å²) in [4.78, 5) is 14.0. The average molecular weight is 375 g/mol. The van der Waals surface area contributed by atoms with Gasteiger partial charge in [0.2, 0.25) is 15.9 Å². The molecular weight excluding hydrogens is 352 g/mol. The van der Waals surface area contributed by atoms with E-state index in [1.807, 2.05) is 0 Å². The van der Waals surface area contributed by atoms with E-state index in [2.05, 4.69) is 0 Å². The molecule has 8 heteroatoms. The van der Waals surface area contributed by atoms with Crippen molar-refractivity contribution in [1.29, 1.82) is 0 Å². The smallest absolute Gasteiger partial charge is 0.243 e. The molecule has 2 rings (SSSR count). The molecule has 0 spiro atoms. The molecular formula is C16H23ClN2O4S. The summed E-state index contributed by atoms with van der Waals surface area (Å²) in [6, 6.07) is 6.01. The van der Waals surface area contributed by atoms with Gasteiger partial charge in [0.15, 0.2) is 0 Å². The highest BCUT2D eigenvalue weighted by Crippen LogP contribution is 2.24. The number of carbonyl (C=O) groups excluding carboxylic acids is 1. The summed E-state index contributed by atoms with van der Waals surface area (Å²) < 4.78 is 25.2. The molecule has 0 heterocycles. The maximum Gasteiger partial charge on any atom is 0.243 e. The molecule has 134 valence electrons. The maximum absolute atomic E-state index is 12.6. The van der Waals surface area contributed by atoms with E-state index in [0.717, 1.165) is 29.8 Å². The number of carbonyl (C=O) groups is 1. The summed E-state index contributed by atoms with van der Waals surface area (Å²) in [5, 5.41) is 10.6.